The lowest BCUT2D eigenvalue weighted by molar-refractivity contribution is -0.354. The lowest BCUT2D eigenvalue weighted by Gasteiger charge is -2.49. The van der Waals surface area contributed by atoms with Gasteiger partial charge in [-0.3, -0.25) is 0 Å². The fourth-order valence-electron chi connectivity index (χ4n) is 5.59. The highest BCUT2D eigenvalue weighted by Crippen LogP contribution is 2.36. The molecule has 0 spiro atoms. The zero-order chi connectivity index (χ0) is 28.5. The second kappa shape index (κ2) is 13.4. The average Bonchev–Trinajstić information content (AvgIpc) is 2.88. The van der Waals surface area contributed by atoms with Crippen molar-refractivity contribution in [2.45, 2.75) is 107 Å². The summed E-state index contributed by atoms with van der Waals surface area (Å²) < 4.78 is 28.0. The molecule has 0 saturated carbocycles. The molecule has 0 aromatic carbocycles. The molecule has 0 amide bonds. The lowest BCUT2D eigenvalue weighted by Crippen LogP contribution is -2.66. The van der Waals surface area contributed by atoms with Crippen molar-refractivity contribution in [2.75, 3.05) is 19.8 Å². The van der Waals surface area contributed by atoms with E-state index in [0.29, 0.717) is 0 Å². The number of hydrogen-bond acceptors (Lipinski definition) is 15. The summed E-state index contributed by atoms with van der Waals surface area (Å²) in [4.78, 5) is 0. The third-order valence-electron chi connectivity index (χ3n) is 7.76. The van der Waals surface area contributed by atoms with Gasteiger partial charge in [-0.15, -0.1) is 0 Å². The van der Waals surface area contributed by atoms with Crippen LogP contribution in [0.3, 0.4) is 0 Å². The van der Waals surface area contributed by atoms with Crippen LogP contribution < -0.4 is 5.73 Å². The summed E-state index contributed by atoms with van der Waals surface area (Å²) in [5.41, 5.74) is 5.70. The Morgan fingerprint density at radius 3 is 1.71 bits per heavy atom. The van der Waals surface area contributed by atoms with Crippen LogP contribution in [-0.2, 0) is 23.7 Å². The summed E-state index contributed by atoms with van der Waals surface area (Å²) in [6.45, 7) is 3.36. The topological polar surface area (TPSA) is 254 Å². The minimum atomic E-state index is -1.73. The first-order chi connectivity index (χ1) is 17.9. The van der Waals surface area contributed by atoms with E-state index in [1.165, 1.54) is 6.92 Å². The van der Waals surface area contributed by atoms with Gasteiger partial charge >= 0.3 is 0 Å². The molecular formula is C23H43NO14. The van der Waals surface area contributed by atoms with Gasteiger partial charge in [0, 0.05) is 11.8 Å². The molecule has 0 aliphatic carbocycles. The second-order valence-electron chi connectivity index (χ2n) is 10.6. The number of hydrogen-bond donors (Lipinski definition) is 10. The van der Waals surface area contributed by atoms with Crippen LogP contribution >= 0.6 is 0 Å². The Morgan fingerprint density at radius 1 is 0.658 bits per heavy atom. The van der Waals surface area contributed by atoms with Crippen LogP contribution in [0, 0.1) is 17.8 Å². The normalized spacial score (nSPS) is 49.3. The fourth-order valence-corrected chi connectivity index (χ4v) is 5.59. The molecule has 15 nitrogen and oxygen atoms in total. The van der Waals surface area contributed by atoms with Gasteiger partial charge in [0.25, 0.3) is 0 Å². The fraction of sp³-hybridized carbons (Fsp3) is 1.00. The molecule has 224 valence electrons. The Morgan fingerprint density at radius 2 is 1.16 bits per heavy atom. The second-order valence-corrected chi connectivity index (χ2v) is 10.6. The molecule has 38 heavy (non-hydrogen) atoms. The van der Waals surface area contributed by atoms with Gasteiger partial charge in [0.05, 0.1) is 56.4 Å². The van der Waals surface area contributed by atoms with E-state index in [4.69, 9.17) is 29.4 Å². The number of nitrogens with two attached hydrogens (primary N) is 1. The van der Waals surface area contributed by atoms with Crippen molar-refractivity contribution in [3.8, 4) is 0 Å². The molecule has 0 aromatic heterocycles. The first-order valence-electron chi connectivity index (χ1n) is 12.8. The van der Waals surface area contributed by atoms with Crippen molar-refractivity contribution in [1.82, 2.24) is 0 Å². The monoisotopic (exact) mass is 557 g/mol. The van der Waals surface area contributed by atoms with Gasteiger partial charge < -0.3 is 75.4 Å². The van der Waals surface area contributed by atoms with Crippen molar-refractivity contribution in [3.63, 3.8) is 0 Å². The molecule has 15 heteroatoms. The van der Waals surface area contributed by atoms with Crippen LogP contribution in [-0.4, -0.2) is 152 Å². The summed E-state index contributed by atoms with van der Waals surface area (Å²) in [7, 11) is 0. The minimum absolute atomic E-state index is 0.120. The van der Waals surface area contributed by atoms with Crippen LogP contribution in [0.2, 0.25) is 0 Å². The van der Waals surface area contributed by atoms with Gasteiger partial charge in [-0.05, 0) is 12.8 Å². The number of rotatable bonds is 9. The quantitative estimate of drug-likeness (QED) is 0.127. The lowest BCUT2D eigenvalue weighted by atomic mass is 9.81. The van der Waals surface area contributed by atoms with E-state index in [0.717, 1.165) is 0 Å². The van der Waals surface area contributed by atoms with Crippen LogP contribution in [0.15, 0.2) is 0 Å². The van der Waals surface area contributed by atoms with Crippen LogP contribution in [0.5, 0.6) is 0 Å². The molecule has 16 atom stereocenters. The molecule has 8 unspecified atom stereocenters. The Balaban J connectivity index is 1.71. The van der Waals surface area contributed by atoms with Gasteiger partial charge in [-0.1, -0.05) is 13.8 Å². The molecular weight excluding hydrogens is 514 g/mol. The predicted molar refractivity (Wildman–Crippen MR) is 125 cm³/mol. The van der Waals surface area contributed by atoms with Crippen LogP contribution in [0.4, 0.5) is 0 Å². The molecule has 0 aromatic rings. The molecule has 3 aliphatic rings. The van der Waals surface area contributed by atoms with E-state index < -0.39 is 118 Å². The largest absolute Gasteiger partial charge is 0.394 e. The first kappa shape index (κ1) is 31.9. The van der Waals surface area contributed by atoms with Gasteiger partial charge in [0.15, 0.2) is 18.9 Å². The van der Waals surface area contributed by atoms with Gasteiger partial charge in [0.1, 0.15) is 30.5 Å². The standard InChI is InChI=1S/C23H43NO14/c1-7(2)12-9(4-25)36-22(18(31)15(12)28)34-8(3)13-10(5-26)37-23(19(32)16(13)29)38-20-11(6-27)35-21(33)14(24)17(20)30/h7-23,25-33H,4-6,24H2,1-3H3/t8?,9?,10?,11?,12-,13-,14+,15?,16?,17?,18+,19+,20-,21?,22+,23-/m1/s1. The maximum absolute atomic E-state index is 11.0. The summed E-state index contributed by atoms with van der Waals surface area (Å²) >= 11 is 0. The van der Waals surface area contributed by atoms with Crippen molar-refractivity contribution in [3.05, 3.63) is 0 Å². The van der Waals surface area contributed by atoms with E-state index >= 15 is 0 Å². The van der Waals surface area contributed by atoms with Gasteiger partial charge in [0.2, 0.25) is 0 Å². The van der Waals surface area contributed by atoms with E-state index in [2.05, 4.69) is 0 Å². The maximum Gasteiger partial charge on any atom is 0.187 e. The number of ether oxygens (including phenoxy) is 5. The summed E-state index contributed by atoms with van der Waals surface area (Å²) in [6.07, 6.45) is -17.8. The van der Waals surface area contributed by atoms with Crippen molar-refractivity contribution in [2.24, 2.45) is 23.5 Å². The first-order valence-corrected chi connectivity index (χ1v) is 12.8. The molecule has 11 N–H and O–H groups in total. The highest BCUT2D eigenvalue weighted by Gasteiger charge is 2.53. The van der Waals surface area contributed by atoms with E-state index in [-0.39, 0.29) is 5.92 Å². The Hall–Kier alpha value is -0.600. The van der Waals surface area contributed by atoms with E-state index in [1.807, 2.05) is 13.8 Å². The number of aliphatic hydroxyl groups is 9. The van der Waals surface area contributed by atoms with Crippen LogP contribution in [0.1, 0.15) is 20.8 Å². The Labute approximate surface area is 220 Å². The van der Waals surface area contributed by atoms with E-state index in [9.17, 15) is 46.0 Å². The average molecular weight is 558 g/mol. The van der Waals surface area contributed by atoms with Gasteiger partial charge in [-0.25, -0.2) is 0 Å². The van der Waals surface area contributed by atoms with Gasteiger partial charge in [-0.2, -0.15) is 0 Å². The summed E-state index contributed by atoms with van der Waals surface area (Å²) in [5, 5.41) is 92.5. The van der Waals surface area contributed by atoms with Crippen molar-refractivity contribution < 1.29 is 69.6 Å². The smallest absolute Gasteiger partial charge is 0.187 e. The minimum Gasteiger partial charge on any atom is -0.394 e. The maximum atomic E-state index is 11.0. The highest BCUT2D eigenvalue weighted by atomic mass is 16.7. The predicted octanol–water partition coefficient (Wildman–Crippen LogP) is -5.06. The summed E-state index contributed by atoms with van der Waals surface area (Å²) in [6, 6.07) is -1.29. The zero-order valence-corrected chi connectivity index (χ0v) is 21.6. The molecule has 0 radical (unpaired) electrons. The van der Waals surface area contributed by atoms with Crippen molar-refractivity contribution in [1.29, 1.82) is 0 Å². The number of aliphatic hydroxyl groups excluding tert-OH is 9. The molecule has 3 aliphatic heterocycles. The molecule has 3 fully saturated rings. The molecule has 3 saturated heterocycles. The Kier molecular flexibility index (Phi) is 11.2. The molecule has 3 heterocycles. The highest BCUT2D eigenvalue weighted by molar-refractivity contribution is 4.97. The van der Waals surface area contributed by atoms with Crippen molar-refractivity contribution >= 4 is 0 Å². The third kappa shape index (κ3) is 6.32. The van der Waals surface area contributed by atoms with E-state index in [1.54, 1.807) is 0 Å². The summed E-state index contributed by atoms with van der Waals surface area (Å²) in [5.74, 6) is -1.76. The van der Waals surface area contributed by atoms with Crippen LogP contribution in [0.25, 0.3) is 0 Å². The zero-order valence-electron chi connectivity index (χ0n) is 21.6. The third-order valence-corrected chi connectivity index (χ3v) is 7.76. The SMILES string of the molecule is CC(C)[C@@H]1C(CO)O[C@H](OC(C)[C@@H]2C(CO)O[C@H](O[C@@H]3C(CO)OC(O)[C@@H](N)C3O)[C@@H](O)C2O)[C@@H](O)C1O. The Bertz CT molecular complexity index is 728. The molecule has 0 bridgehead atoms. The molecule has 3 rings (SSSR count).